The first-order valence-corrected chi connectivity index (χ1v) is 12.0. The van der Waals surface area contributed by atoms with E-state index in [0.717, 1.165) is 22.5 Å². The molecule has 35 heavy (non-hydrogen) atoms. The number of aromatic amines is 1. The minimum atomic E-state index is -0.920. The lowest BCUT2D eigenvalue weighted by atomic mass is 9.85. The molecule has 3 aromatic rings. The highest BCUT2D eigenvalue weighted by Gasteiger charge is 2.58. The molecule has 2 aliphatic heterocycles. The summed E-state index contributed by atoms with van der Waals surface area (Å²) in [6, 6.07) is 17.8. The fraction of sp³-hybridized carbons (Fsp3) is 0.370. The number of esters is 1. The molecule has 1 aromatic heterocycles. The van der Waals surface area contributed by atoms with Crippen LogP contribution in [0, 0.1) is 0 Å². The number of piperidine rings is 1. The summed E-state index contributed by atoms with van der Waals surface area (Å²) in [5.41, 5.74) is 2.51. The predicted octanol–water partition coefficient (Wildman–Crippen LogP) is 3.18. The van der Waals surface area contributed by atoms with Crippen LogP contribution in [0.3, 0.4) is 0 Å². The van der Waals surface area contributed by atoms with E-state index in [9.17, 15) is 14.4 Å². The van der Waals surface area contributed by atoms with Crippen molar-refractivity contribution in [3.8, 4) is 0 Å². The van der Waals surface area contributed by atoms with Crippen molar-refractivity contribution in [2.75, 3.05) is 33.3 Å². The molecule has 0 unspecified atom stereocenters. The zero-order valence-corrected chi connectivity index (χ0v) is 19.9. The van der Waals surface area contributed by atoms with Crippen molar-refractivity contribution in [3.05, 3.63) is 71.9 Å². The van der Waals surface area contributed by atoms with Gasteiger partial charge in [-0.05, 0) is 36.5 Å². The van der Waals surface area contributed by atoms with Gasteiger partial charge in [0.05, 0.1) is 7.11 Å². The second-order valence-electron chi connectivity index (χ2n) is 9.30. The molecule has 0 saturated carbocycles. The van der Waals surface area contributed by atoms with E-state index in [1.54, 1.807) is 4.90 Å². The van der Waals surface area contributed by atoms with Crippen molar-refractivity contribution >= 4 is 28.8 Å². The second-order valence-corrected chi connectivity index (χ2v) is 9.30. The molecule has 182 valence electrons. The molecule has 2 fully saturated rings. The number of amides is 3. The molecule has 1 spiro atoms. The highest BCUT2D eigenvalue weighted by atomic mass is 16.5. The number of H-pyrrole nitrogens is 1. The summed E-state index contributed by atoms with van der Waals surface area (Å²) in [4.78, 5) is 47.3. The predicted molar refractivity (Wildman–Crippen MR) is 132 cm³/mol. The summed E-state index contributed by atoms with van der Waals surface area (Å²) in [7, 11) is 1.26. The van der Waals surface area contributed by atoms with Crippen LogP contribution >= 0.6 is 0 Å². The van der Waals surface area contributed by atoms with Gasteiger partial charge in [-0.25, -0.2) is 4.79 Å². The number of fused-ring (bicyclic) bond motifs is 1. The number of rotatable bonds is 7. The van der Waals surface area contributed by atoms with Crippen LogP contribution in [0.15, 0.2) is 60.8 Å². The first kappa shape index (κ1) is 23.1. The third-order valence-electron chi connectivity index (χ3n) is 7.36. The first-order valence-electron chi connectivity index (χ1n) is 12.0. The van der Waals surface area contributed by atoms with Crippen molar-refractivity contribution in [2.24, 2.45) is 0 Å². The first-order chi connectivity index (χ1) is 17.0. The van der Waals surface area contributed by atoms with E-state index >= 15 is 0 Å². The van der Waals surface area contributed by atoms with Gasteiger partial charge in [-0.1, -0.05) is 48.5 Å². The number of imide groups is 1. The normalized spacial score (nSPS) is 18.1. The largest absolute Gasteiger partial charge is 0.468 e. The van der Waals surface area contributed by atoms with E-state index in [1.807, 2.05) is 48.7 Å². The van der Waals surface area contributed by atoms with Gasteiger partial charge in [0.2, 0.25) is 0 Å². The molecule has 2 aromatic carbocycles. The Morgan fingerprint density at radius 2 is 1.74 bits per heavy atom. The number of nitrogens with one attached hydrogen (secondary N) is 1. The molecule has 0 atom stereocenters. The summed E-state index contributed by atoms with van der Waals surface area (Å²) >= 11 is 0. The summed E-state index contributed by atoms with van der Waals surface area (Å²) < 4.78 is 4.75. The fourth-order valence-corrected chi connectivity index (χ4v) is 5.38. The van der Waals surface area contributed by atoms with Gasteiger partial charge in [0.25, 0.3) is 5.91 Å². The van der Waals surface area contributed by atoms with Gasteiger partial charge in [0.15, 0.2) is 0 Å². The van der Waals surface area contributed by atoms with Crippen LogP contribution in [0.4, 0.5) is 4.79 Å². The molecule has 5 rings (SSSR count). The number of aromatic nitrogens is 1. The van der Waals surface area contributed by atoms with Crippen LogP contribution in [0.2, 0.25) is 0 Å². The molecule has 8 heteroatoms. The molecule has 3 heterocycles. The van der Waals surface area contributed by atoms with Crippen LogP contribution < -0.4 is 0 Å². The van der Waals surface area contributed by atoms with Crippen LogP contribution in [-0.2, 0) is 27.3 Å². The number of carbonyl (C=O) groups is 3. The Labute approximate surface area is 204 Å². The number of carbonyl (C=O) groups excluding carboxylic acids is 3. The SMILES string of the molecule is COC(=O)CN1C(=O)N(CCc2ccccc2)C2(CCN(Cc3c[nH]c4ccccc34)CC2)C1=O. The summed E-state index contributed by atoms with van der Waals surface area (Å²) in [6.45, 7) is 2.22. The van der Waals surface area contributed by atoms with Crippen molar-refractivity contribution in [1.82, 2.24) is 19.7 Å². The second kappa shape index (κ2) is 9.54. The van der Waals surface area contributed by atoms with E-state index in [0.29, 0.717) is 38.9 Å². The average Bonchev–Trinajstić information content (AvgIpc) is 3.38. The molecule has 3 amide bonds. The number of benzene rings is 2. The molecule has 2 aliphatic rings. The Morgan fingerprint density at radius 3 is 2.49 bits per heavy atom. The highest BCUT2D eigenvalue weighted by molar-refractivity contribution is 6.08. The Morgan fingerprint density at radius 1 is 1.03 bits per heavy atom. The van der Waals surface area contributed by atoms with Gasteiger partial charge >= 0.3 is 12.0 Å². The minimum Gasteiger partial charge on any atom is -0.468 e. The maximum absolute atomic E-state index is 13.6. The topological polar surface area (TPSA) is 85.9 Å². The fourth-order valence-electron chi connectivity index (χ4n) is 5.38. The van der Waals surface area contributed by atoms with Crippen molar-refractivity contribution in [2.45, 2.75) is 31.3 Å². The van der Waals surface area contributed by atoms with Crippen LogP contribution in [0.1, 0.15) is 24.0 Å². The number of methoxy groups -OCH3 is 1. The Hall–Kier alpha value is -3.65. The van der Waals surface area contributed by atoms with Gasteiger partial charge in [-0.2, -0.15) is 0 Å². The average molecular weight is 475 g/mol. The highest BCUT2D eigenvalue weighted by Crippen LogP contribution is 2.38. The number of para-hydroxylation sites is 1. The van der Waals surface area contributed by atoms with Crippen LogP contribution in [0.25, 0.3) is 10.9 Å². The maximum Gasteiger partial charge on any atom is 0.328 e. The Balaban J connectivity index is 1.34. The van der Waals surface area contributed by atoms with Gasteiger partial charge in [-0.3, -0.25) is 19.4 Å². The summed E-state index contributed by atoms with van der Waals surface area (Å²) in [6.07, 6.45) is 3.76. The molecular formula is C27H30N4O4. The Bertz CT molecular complexity index is 1230. The number of nitrogens with zero attached hydrogens (tertiary/aromatic N) is 3. The van der Waals surface area contributed by atoms with Gasteiger partial charge in [-0.15, -0.1) is 0 Å². The molecule has 2 saturated heterocycles. The monoisotopic (exact) mass is 474 g/mol. The van der Waals surface area contributed by atoms with E-state index in [4.69, 9.17) is 4.74 Å². The zero-order valence-electron chi connectivity index (χ0n) is 19.9. The third-order valence-corrected chi connectivity index (χ3v) is 7.36. The van der Waals surface area contributed by atoms with E-state index < -0.39 is 17.5 Å². The standard InChI is InChI=1S/C27H30N4O4/c1-35-24(32)19-30-25(33)27(31(26(30)34)14-11-20-7-3-2-4-8-20)12-15-29(16-13-27)18-21-17-28-23-10-6-5-9-22(21)23/h2-10,17,28H,11-16,18-19H2,1H3. The lowest BCUT2D eigenvalue weighted by molar-refractivity contribution is -0.146. The van der Waals surface area contributed by atoms with E-state index in [1.165, 1.54) is 18.1 Å². The van der Waals surface area contributed by atoms with Gasteiger partial charge < -0.3 is 14.6 Å². The number of hydrogen-bond donors (Lipinski definition) is 1. The minimum absolute atomic E-state index is 0.285. The van der Waals surface area contributed by atoms with E-state index in [-0.39, 0.29) is 12.5 Å². The van der Waals surface area contributed by atoms with Gasteiger partial charge in [0.1, 0.15) is 12.1 Å². The van der Waals surface area contributed by atoms with Crippen molar-refractivity contribution in [1.29, 1.82) is 0 Å². The smallest absolute Gasteiger partial charge is 0.328 e. The lowest BCUT2D eigenvalue weighted by Crippen LogP contribution is -2.56. The molecule has 0 radical (unpaired) electrons. The third kappa shape index (κ3) is 4.30. The molecule has 1 N–H and O–H groups in total. The quantitative estimate of drug-likeness (QED) is 0.420. The number of likely N-dealkylation sites (tertiary alicyclic amines) is 1. The van der Waals surface area contributed by atoms with Crippen LogP contribution in [-0.4, -0.2) is 76.4 Å². The molecular weight excluding hydrogens is 444 g/mol. The maximum atomic E-state index is 13.6. The summed E-state index contributed by atoms with van der Waals surface area (Å²) in [5.74, 6) is -0.878. The zero-order chi connectivity index (χ0) is 24.4. The number of hydrogen-bond acceptors (Lipinski definition) is 5. The molecule has 0 bridgehead atoms. The lowest BCUT2D eigenvalue weighted by Gasteiger charge is -2.42. The molecule has 0 aliphatic carbocycles. The van der Waals surface area contributed by atoms with Crippen molar-refractivity contribution < 1.29 is 19.1 Å². The van der Waals surface area contributed by atoms with E-state index in [2.05, 4.69) is 22.0 Å². The molecule has 8 nitrogen and oxygen atoms in total. The van der Waals surface area contributed by atoms with Crippen LogP contribution in [0.5, 0.6) is 0 Å². The Kier molecular flexibility index (Phi) is 6.30. The summed E-state index contributed by atoms with van der Waals surface area (Å²) in [5, 5.41) is 1.20. The van der Waals surface area contributed by atoms with Gasteiger partial charge in [0, 0.05) is 43.3 Å². The van der Waals surface area contributed by atoms with Crippen molar-refractivity contribution in [3.63, 3.8) is 0 Å². The number of ether oxygens (including phenoxy) is 1. The number of urea groups is 1.